The number of hydrogen-bond acceptors (Lipinski definition) is 4. The first kappa shape index (κ1) is 17.9. The van der Waals surface area contributed by atoms with Crippen LogP contribution in [0.5, 0.6) is 0 Å². The number of hydrogen-bond donors (Lipinski definition) is 3. The van der Waals surface area contributed by atoms with Crippen LogP contribution in [-0.4, -0.2) is 58.4 Å². The second-order valence-corrected chi connectivity index (χ2v) is 6.27. The summed E-state index contributed by atoms with van der Waals surface area (Å²) in [4.78, 5) is 13.6. The first-order valence-corrected chi connectivity index (χ1v) is 8.47. The van der Waals surface area contributed by atoms with E-state index in [1.54, 1.807) is 6.92 Å². The smallest absolute Gasteiger partial charge is 0.219 e. The molecule has 3 N–H and O–H groups in total. The molecular weight excluding hydrogens is 292 g/mol. The minimum absolute atomic E-state index is 0.0320. The maximum Gasteiger partial charge on any atom is 0.219 e. The molecule has 1 saturated heterocycles. The second kappa shape index (κ2) is 8.43. The van der Waals surface area contributed by atoms with Crippen LogP contribution >= 0.6 is 0 Å². The SMILES string of the molecule is CCC(=O)NC[C@@H]1[C@@H](O)[C@H](O)[C@@H](C)N1CCCc1ccccc1. The number of nitrogens with one attached hydrogen (secondary N) is 1. The number of likely N-dealkylation sites (tertiary alicyclic amines) is 1. The van der Waals surface area contributed by atoms with Crippen LogP contribution in [0.4, 0.5) is 0 Å². The Morgan fingerprint density at radius 2 is 1.91 bits per heavy atom. The normalized spacial score (nSPS) is 28.0. The Kier molecular flexibility index (Phi) is 6.57. The Balaban J connectivity index is 1.91. The van der Waals surface area contributed by atoms with Crippen molar-refractivity contribution in [3.8, 4) is 0 Å². The van der Waals surface area contributed by atoms with Gasteiger partial charge in [-0.1, -0.05) is 37.3 Å². The van der Waals surface area contributed by atoms with E-state index in [1.165, 1.54) is 5.56 Å². The van der Waals surface area contributed by atoms with Gasteiger partial charge in [-0.3, -0.25) is 9.69 Å². The average Bonchev–Trinajstić information content (AvgIpc) is 2.78. The number of aliphatic hydroxyl groups is 2. The first-order chi connectivity index (χ1) is 11.0. The van der Waals surface area contributed by atoms with E-state index in [4.69, 9.17) is 0 Å². The fraction of sp³-hybridized carbons (Fsp3) is 0.611. The molecule has 0 aromatic heterocycles. The summed E-state index contributed by atoms with van der Waals surface area (Å²) in [5.74, 6) is -0.0320. The maximum absolute atomic E-state index is 11.5. The summed E-state index contributed by atoms with van der Waals surface area (Å²) in [6.07, 6.45) is 0.750. The molecule has 1 amide bonds. The molecule has 0 bridgehead atoms. The second-order valence-electron chi connectivity index (χ2n) is 6.27. The lowest BCUT2D eigenvalue weighted by Crippen LogP contribution is -2.46. The predicted molar refractivity (Wildman–Crippen MR) is 90.0 cm³/mol. The Bertz CT molecular complexity index is 494. The molecule has 0 radical (unpaired) electrons. The molecule has 0 aliphatic carbocycles. The Morgan fingerprint density at radius 1 is 1.22 bits per heavy atom. The van der Waals surface area contributed by atoms with Gasteiger partial charge in [-0.05, 0) is 31.9 Å². The Morgan fingerprint density at radius 3 is 2.57 bits per heavy atom. The number of aliphatic hydroxyl groups excluding tert-OH is 2. The molecule has 0 saturated carbocycles. The van der Waals surface area contributed by atoms with Crippen molar-refractivity contribution in [1.82, 2.24) is 10.2 Å². The molecule has 128 valence electrons. The molecule has 1 aromatic carbocycles. The van der Waals surface area contributed by atoms with Crippen LogP contribution in [0.2, 0.25) is 0 Å². The fourth-order valence-corrected chi connectivity index (χ4v) is 3.27. The van der Waals surface area contributed by atoms with Crippen molar-refractivity contribution in [2.24, 2.45) is 0 Å². The Hall–Kier alpha value is -1.43. The molecule has 1 aromatic rings. The molecule has 0 spiro atoms. The van der Waals surface area contributed by atoms with Gasteiger partial charge in [-0.2, -0.15) is 0 Å². The first-order valence-electron chi connectivity index (χ1n) is 8.47. The summed E-state index contributed by atoms with van der Waals surface area (Å²) in [5.41, 5.74) is 1.29. The monoisotopic (exact) mass is 320 g/mol. The standard InChI is InChI=1S/C18H28N2O3/c1-3-16(21)19-12-15-18(23)17(22)13(2)20(15)11-7-10-14-8-5-4-6-9-14/h4-6,8-9,13,15,17-18,22-23H,3,7,10-12H2,1-2H3,(H,19,21)/t13-,15-,17-,18-/m1/s1. The van der Waals surface area contributed by atoms with Gasteiger partial charge in [0.15, 0.2) is 0 Å². The predicted octanol–water partition coefficient (Wildman–Crippen LogP) is 0.940. The highest BCUT2D eigenvalue weighted by Gasteiger charge is 2.44. The largest absolute Gasteiger partial charge is 0.389 e. The number of nitrogens with zero attached hydrogens (tertiary/aromatic N) is 1. The van der Waals surface area contributed by atoms with Crippen molar-refractivity contribution in [3.05, 3.63) is 35.9 Å². The van der Waals surface area contributed by atoms with E-state index in [-0.39, 0.29) is 18.0 Å². The van der Waals surface area contributed by atoms with Crippen molar-refractivity contribution in [2.75, 3.05) is 13.1 Å². The van der Waals surface area contributed by atoms with Gasteiger partial charge in [0.1, 0.15) is 0 Å². The minimum atomic E-state index is -0.820. The van der Waals surface area contributed by atoms with E-state index in [0.29, 0.717) is 13.0 Å². The lowest BCUT2D eigenvalue weighted by molar-refractivity contribution is -0.121. The van der Waals surface area contributed by atoms with E-state index in [1.807, 2.05) is 25.1 Å². The van der Waals surface area contributed by atoms with Crippen molar-refractivity contribution in [3.63, 3.8) is 0 Å². The van der Waals surface area contributed by atoms with Crippen LogP contribution in [0.15, 0.2) is 30.3 Å². The zero-order valence-corrected chi connectivity index (χ0v) is 14.0. The summed E-state index contributed by atoms with van der Waals surface area (Å²) >= 11 is 0. The number of amides is 1. The van der Waals surface area contributed by atoms with Crippen molar-refractivity contribution >= 4 is 5.91 Å². The molecular formula is C18H28N2O3. The van der Waals surface area contributed by atoms with Crippen LogP contribution < -0.4 is 5.32 Å². The van der Waals surface area contributed by atoms with Gasteiger partial charge in [-0.25, -0.2) is 0 Å². The molecule has 5 nitrogen and oxygen atoms in total. The van der Waals surface area contributed by atoms with Crippen LogP contribution in [-0.2, 0) is 11.2 Å². The minimum Gasteiger partial charge on any atom is -0.389 e. The van der Waals surface area contributed by atoms with Gasteiger partial charge in [0.25, 0.3) is 0 Å². The highest BCUT2D eigenvalue weighted by Crippen LogP contribution is 2.25. The van der Waals surface area contributed by atoms with Crippen LogP contribution in [0.1, 0.15) is 32.3 Å². The average molecular weight is 320 g/mol. The van der Waals surface area contributed by atoms with Gasteiger partial charge in [-0.15, -0.1) is 0 Å². The van der Waals surface area contributed by atoms with E-state index in [2.05, 4.69) is 22.3 Å². The van der Waals surface area contributed by atoms with Gasteiger partial charge in [0.2, 0.25) is 5.91 Å². The lowest BCUT2D eigenvalue weighted by atomic mass is 10.1. The highest BCUT2D eigenvalue weighted by molar-refractivity contribution is 5.75. The summed E-state index contributed by atoms with van der Waals surface area (Å²) in [6, 6.07) is 9.95. The van der Waals surface area contributed by atoms with Gasteiger partial charge >= 0.3 is 0 Å². The zero-order valence-electron chi connectivity index (χ0n) is 14.0. The molecule has 1 heterocycles. The summed E-state index contributed by atoms with van der Waals surface area (Å²) in [6.45, 7) is 4.89. The van der Waals surface area contributed by atoms with Gasteiger partial charge in [0, 0.05) is 19.0 Å². The molecule has 4 atom stereocenters. The topological polar surface area (TPSA) is 72.8 Å². The summed E-state index contributed by atoms with van der Waals surface area (Å²) in [7, 11) is 0. The fourth-order valence-electron chi connectivity index (χ4n) is 3.27. The number of aryl methyl sites for hydroxylation is 1. The van der Waals surface area contributed by atoms with Gasteiger partial charge in [0.05, 0.1) is 18.2 Å². The van der Waals surface area contributed by atoms with Crippen LogP contribution in [0.25, 0.3) is 0 Å². The third kappa shape index (κ3) is 4.53. The van der Waals surface area contributed by atoms with E-state index in [9.17, 15) is 15.0 Å². The summed E-state index contributed by atoms with van der Waals surface area (Å²) < 4.78 is 0. The molecule has 5 heteroatoms. The quantitative estimate of drug-likeness (QED) is 0.699. The molecule has 1 aliphatic heterocycles. The molecule has 2 rings (SSSR count). The third-order valence-electron chi connectivity index (χ3n) is 4.74. The molecule has 1 aliphatic rings. The van der Waals surface area contributed by atoms with Crippen molar-refractivity contribution < 1.29 is 15.0 Å². The third-order valence-corrected chi connectivity index (χ3v) is 4.74. The molecule has 0 unspecified atom stereocenters. The van der Waals surface area contributed by atoms with E-state index < -0.39 is 12.2 Å². The van der Waals surface area contributed by atoms with Gasteiger partial charge < -0.3 is 15.5 Å². The number of rotatable bonds is 7. The van der Waals surface area contributed by atoms with E-state index in [0.717, 1.165) is 19.4 Å². The van der Waals surface area contributed by atoms with Crippen molar-refractivity contribution in [2.45, 2.75) is 57.4 Å². The van der Waals surface area contributed by atoms with Crippen LogP contribution in [0.3, 0.4) is 0 Å². The lowest BCUT2D eigenvalue weighted by Gasteiger charge is -2.29. The van der Waals surface area contributed by atoms with Crippen molar-refractivity contribution in [1.29, 1.82) is 0 Å². The zero-order chi connectivity index (χ0) is 16.8. The van der Waals surface area contributed by atoms with E-state index >= 15 is 0 Å². The maximum atomic E-state index is 11.5. The molecule has 23 heavy (non-hydrogen) atoms. The highest BCUT2D eigenvalue weighted by atomic mass is 16.3. The number of carbonyl (C=O) groups is 1. The molecule has 1 fully saturated rings. The Labute approximate surface area is 138 Å². The number of benzene rings is 1. The van der Waals surface area contributed by atoms with Crippen LogP contribution in [0, 0.1) is 0 Å². The summed E-state index contributed by atoms with van der Waals surface area (Å²) in [5, 5.41) is 23.2. The number of carbonyl (C=O) groups excluding carboxylic acids is 1.